The fourth-order valence-electron chi connectivity index (χ4n) is 4.55. The predicted octanol–water partition coefficient (Wildman–Crippen LogP) is 3.30. The van der Waals surface area contributed by atoms with Gasteiger partial charge in [-0.15, -0.1) is 0 Å². The first-order chi connectivity index (χ1) is 11.1. The van der Waals surface area contributed by atoms with Gasteiger partial charge in [-0.25, -0.2) is 0 Å². The number of pyridine rings is 1. The molecule has 0 saturated heterocycles. The molecular formula is C19H22N2O2. The molecule has 0 radical (unpaired) electrons. The fourth-order valence-corrected chi connectivity index (χ4v) is 4.55. The molecule has 1 aromatic heterocycles. The van der Waals surface area contributed by atoms with E-state index in [1.54, 1.807) is 17.8 Å². The quantitative estimate of drug-likeness (QED) is 0.945. The standard InChI is InChI=1S/C19H22N2O2/c1-21-8-7-15-16(19(21)23)3-2-4-17(15)20-18(22)11-14-10-12-5-6-13(14)9-12/h2-4,7-8,12-14H,5-6,9-11H2,1H3,(H,20,22)/t12?,13-,14?/m1/s1. The Hall–Kier alpha value is -2.10. The number of carbonyl (C=O) groups excluding carboxylic acids is 1. The maximum Gasteiger partial charge on any atom is 0.258 e. The smallest absolute Gasteiger partial charge is 0.258 e. The number of fused-ring (bicyclic) bond motifs is 3. The average molecular weight is 310 g/mol. The van der Waals surface area contributed by atoms with E-state index in [9.17, 15) is 9.59 Å². The summed E-state index contributed by atoms with van der Waals surface area (Å²) in [7, 11) is 1.74. The highest BCUT2D eigenvalue weighted by atomic mass is 16.1. The van der Waals surface area contributed by atoms with Crippen LogP contribution in [0, 0.1) is 17.8 Å². The molecule has 0 aliphatic heterocycles. The normalized spacial score (nSPS) is 25.9. The lowest BCUT2D eigenvalue weighted by atomic mass is 9.86. The van der Waals surface area contributed by atoms with Gasteiger partial charge in [0.05, 0.1) is 0 Å². The van der Waals surface area contributed by atoms with Gasteiger partial charge in [0.15, 0.2) is 0 Å². The van der Waals surface area contributed by atoms with Crippen molar-refractivity contribution in [2.75, 3.05) is 5.32 Å². The molecule has 4 heteroatoms. The van der Waals surface area contributed by atoms with Gasteiger partial charge in [-0.3, -0.25) is 9.59 Å². The number of nitrogens with zero attached hydrogens (tertiary/aromatic N) is 1. The number of benzene rings is 1. The van der Waals surface area contributed by atoms with Crippen molar-refractivity contribution in [1.29, 1.82) is 0 Å². The molecule has 2 aliphatic carbocycles. The molecule has 4 rings (SSSR count). The molecule has 4 nitrogen and oxygen atoms in total. The van der Waals surface area contributed by atoms with Crippen molar-refractivity contribution in [2.45, 2.75) is 32.1 Å². The minimum absolute atomic E-state index is 0.0355. The minimum Gasteiger partial charge on any atom is -0.326 e. The average Bonchev–Trinajstić information content (AvgIpc) is 3.14. The zero-order chi connectivity index (χ0) is 16.0. The Kier molecular flexibility index (Phi) is 3.47. The molecule has 1 N–H and O–H groups in total. The minimum atomic E-state index is -0.0355. The van der Waals surface area contributed by atoms with Gasteiger partial charge >= 0.3 is 0 Å². The van der Waals surface area contributed by atoms with Crippen molar-refractivity contribution in [3.05, 3.63) is 40.8 Å². The number of aryl methyl sites for hydroxylation is 1. The highest BCUT2D eigenvalue weighted by Gasteiger charge is 2.40. The summed E-state index contributed by atoms with van der Waals surface area (Å²) in [5, 5.41) is 4.49. The van der Waals surface area contributed by atoms with Crippen LogP contribution in [0.3, 0.4) is 0 Å². The Morgan fingerprint density at radius 3 is 2.83 bits per heavy atom. The van der Waals surface area contributed by atoms with Crippen molar-refractivity contribution in [1.82, 2.24) is 4.57 Å². The molecule has 2 saturated carbocycles. The summed E-state index contributed by atoms with van der Waals surface area (Å²) < 4.78 is 1.56. The third-order valence-corrected chi connectivity index (χ3v) is 5.73. The van der Waals surface area contributed by atoms with Crippen molar-refractivity contribution < 1.29 is 4.79 Å². The van der Waals surface area contributed by atoms with Gasteiger partial charge in [0.2, 0.25) is 5.91 Å². The number of hydrogen-bond acceptors (Lipinski definition) is 2. The molecule has 1 amide bonds. The largest absolute Gasteiger partial charge is 0.326 e. The van der Waals surface area contributed by atoms with Gasteiger partial charge in [-0.2, -0.15) is 0 Å². The van der Waals surface area contributed by atoms with Crippen molar-refractivity contribution >= 4 is 22.4 Å². The topological polar surface area (TPSA) is 51.1 Å². The Morgan fingerprint density at radius 1 is 1.22 bits per heavy atom. The lowest BCUT2D eigenvalue weighted by molar-refractivity contribution is -0.117. The number of hydrogen-bond donors (Lipinski definition) is 1. The van der Waals surface area contributed by atoms with E-state index in [-0.39, 0.29) is 11.5 Å². The Bertz CT molecular complexity index is 824. The van der Waals surface area contributed by atoms with Crippen LogP contribution < -0.4 is 10.9 Å². The fraction of sp³-hybridized carbons (Fsp3) is 0.474. The summed E-state index contributed by atoms with van der Waals surface area (Å²) >= 11 is 0. The molecule has 3 atom stereocenters. The van der Waals surface area contributed by atoms with E-state index in [1.807, 2.05) is 24.3 Å². The molecule has 2 fully saturated rings. The van der Waals surface area contributed by atoms with E-state index in [2.05, 4.69) is 5.32 Å². The van der Waals surface area contributed by atoms with Gasteiger partial charge < -0.3 is 9.88 Å². The number of anilines is 1. The van der Waals surface area contributed by atoms with E-state index >= 15 is 0 Å². The van der Waals surface area contributed by atoms with Crippen LogP contribution in [0.4, 0.5) is 5.69 Å². The zero-order valence-corrected chi connectivity index (χ0v) is 13.4. The predicted molar refractivity (Wildman–Crippen MR) is 91.4 cm³/mol. The number of amides is 1. The van der Waals surface area contributed by atoms with Crippen molar-refractivity contribution in [3.8, 4) is 0 Å². The van der Waals surface area contributed by atoms with E-state index in [0.29, 0.717) is 17.7 Å². The number of rotatable bonds is 3. The molecule has 1 aromatic carbocycles. The van der Waals surface area contributed by atoms with Gasteiger partial charge in [0.25, 0.3) is 5.56 Å². The van der Waals surface area contributed by atoms with Gasteiger partial charge in [-0.05, 0) is 55.2 Å². The zero-order valence-electron chi connectivity index (χ0n) is 13.4. The van der Waals surface area contributed by atoms with E-state index in [1.165, 1.54) is 25.7 Å². The van der Waals surface area contributed by atoms with Crippen LogP contribution in [0.1, 0.15) is 32.1 Å². The molecule has 0 spiro atoms. The van der Waals surface area contributed by atoms with E-state index < -0.39 is 0 Å². The second-order valence-corrected chi connectivity index (χ2v) is 7.19. The molecular weight excluding hydrogens is 288 g/mol. The number of nitrogens with one attached hydrogen (secondary N) is 1. The Balaban J connectivity index is 1.54. The summed E-state index contributed by atoms with van der Waals surface area (Å²) in [5.41, 5.74) is 0.708. The maximum absolute atomic E-state index is 12.4. The number of aromatic nitrogens is 1. The number of carbonyl (C=O) groups is 1. The van der Waals surface area contributed by atoms with Crippen LogP contribution >= 0.6 is 0 Å². The first-order valence-corrected chi connectivity index (χ1v) is 8.50. The second-order valence-electron chi connectivity index (χ2n) is 7.19. The molecule has 2 aliphatic rings. The van der Waals surface area contributed by atoms with Gasteiger partial charge in [-0.1, -0.05) is 12.5 Å². The first kappa shape index (κ1) is 14.5. The monoisotopic (exact) mass is 310 g/mol. The highest BCUT2D eigenvalue weighted by Crippen LogP contribution is 2.49. The summed E-state index contributed by atoms with van der Waals surface area (Å²) in [6.45, 7) is 0. The van der Waals surface area contributed by atoms with Crippen LogP contribution in [0.5, 0.6) is 0 Å². The summed E-state index contributed by atoms with van der Waals surface area (Å²) in [5.74, 6) is 2.25. The van der Waals surface area contributed by atoms with E-state index in [0.717, 1.165) is 22.9 Å². The van der Waals surface area contributed by atoms with Crippen molar-refractivity contribution in [2.24, 2.45) is 24.8 Å². The molecule has 1 heterocycles. The lowest BCUT2D eigenvalue weighted by Gasteiger charge is -2.21. The summed E-state index contributed by atoms with van der Waals surface area (Å²) in [6, 6.07) is 7.41. The molecule has 2 aromatic rings. The molecule has 23 heavy (non-hydrogen) atoms. The Labute approximate surface area is 135 Å². The van der Waals surface area contributed by atoms with Crippen molar-refractivity contribution in [3.63, 3.8) is 0 Å². The van der Waals surface area contributed by atoms with Crippen LogP contribution in [-0.4, -0.2) is 10.5 Å². The van der Waals surface area contributed by atoms with Crippen LogP contribution in [-0.2, 0) is 11.8 Å². The molecule has 2 unspecified atom stereocenters. The molecule has 2 bridgehead atoms. The Morgan fingerprint density at radius 2 is 2.09 bits per heavy atom. The van der Waals surface area contributed by atoms with Crippen LogP contribution in [0.25, 0.3) is 10.8 Å². The first-order valence-electron chi connectivity index (χ1n) is 8.50. The van der Waals surface area contributed by atoms with Crippen LogP contribution in [0.15, 0.2) is 35.3 Å². The van der Waals surface area contributed by atoms with Crippen LogP contribution in [0.2, 0.25) is 0 Å². The van der Waals surface area contributed by atoms with Gasteiger partial charge in [0, 0.05) is 36.1 Å². The van der Waals surface area contributed by atoms with E-state index in [4.69, 9.17) is 0 Å². The maximum atomic E-state index is 12.4. The lowest BCUT2D eigenvalue weighted by Crippen LogP contribution is -2.21. The highest BCUT2D eigenvalue weighted by molar-refractivity contribution is 6.01. The second kappa shape index (κ2) is 5.52. The third-order valence-electron chi connectivity index (χ3n) is 5.73. The summed E-state index contributed by atoms with van der Waals surface area (Å²) in [6.07, 6.45) is 7.55. The van der Waals surface area contributed by atoms with Gasteiger partial charge in [0.1, 0.15) is 0 Å². The third kappa shape index (κ3) is 2.56. The summed E-state index contributed by atoms with van der Waals surface area (Å²) in [4.78, 5) is 24.6. The SMILES string of the molecule is Cn1ccc2c(NC(=O)CC3CC4CC[C@@H]3C4)cccc2c1=O. The molecule has 120 valence electrons.